The van der Waals surface area contributed by atoms with E-state index in [0.717, 1.165) is 35.7 Å². The van der Waals surface area contributed by atoms with Gasteiger partial charge < -0.3 is 5.32 Å². The molecule has 0 saturated carbocycles. The van der Waals surface area contributed by atoms with Crippen LogP contribution in [0.2, 0.25) is 5.15 Å². The minimum absolute atomic E-state index is 0.468. The molecule has 7 heteroatoms. The molecule has 2 N–H and O–H groups in total. The fraction of sp³-hybridized carbons (Fsp3) is 0.214. The predicted octanol–water partition coefficient (Wildman–Crippen LogP) is 3.81. The first kappa shape index (κ1) is 12.8. The zero-order valence-corrected chi connectivity index (χ0v) is 12.6. The zero-order chi connectivity index (χ0) is 14.2. The van der Waals surface area contributed by atoms with Crippen LogP contribution in [0.4, 0.5) is 10.9 Å². The predicted molar refractivity (Wildman–Crippen MR) is 84.3 cm³/mol. The van der Waals surface area contributed by atoms with E-state index in [1.54, 1.807) is 17.4 Å². The van der Waals surface area contributed by atoms with Crippen LogP contribution >= 0.6 is 22.9 Å². The van der Waals surface area contributed by atoms with Gasteiger partial charge in [-0.2, -0.15) is 5.10 Å². The molecule has 1 aliphatic rings. The molecular weight excluding hydrogens is 306 g/mol. The van der Waals surface area contributed by atoms with Gasteiger partial charge in [-0.25, -0.2) is 9.97 Å². The summed E-state index contributed by atoms with van der Waals surface area (Å²) >= 11 is 7.57. The fourth-order valence-electron chi connectivity index (χ4n) is 2.51. The number of nitrogens with one attached hydrogen (secondary N) is 2. The molecule has 0 aromatic carbocycles. The summed E-state index contributed by atoms with van der Waals surface area (Å²) in [6.45, 7) is 0. The molecule has 0 fully saturated rings. The first-order valence-corrected chi connectivity index (χ1v) is 7.91. The summed E-state index contributed by atoms with van der Waals surface area (Å²) in [5.41, 5.74) is 3.32. The monoisotopic (exact) mass is 317 g/mol. The van der Waals surface area contributed by atoms with Gasteiger partial charge in [-0.1, -0.05) is 17.7 Å². The third kappa shape index (κ3) is 2.41. The molecule has 1 aliphatic carbocycles. The van der Waals surface area contributed by atoms with Crippen molar-refractivity contribution in [1.29, 1.82) is 0 Å². The van der Waals surface area contributed by atoms with Crippen molar-refractivity contribution in [3.05, 3.63) is 40.1 Å². The summed E-state index contributed by atoms with van der Waals surface area (Å²) in [5, 5.41) is 11.7. The molecule has 3 aromatic rings. The first-order chi connectivity index (χ1) is 10.3. The van der Waals surface area contributed by atoms with E-state index < -0.39 is 0 Å². The fourth-order valence-corrected chi connectivity index (χ4v) is 3.69. The lowest BCUT2D eigenvalue weighted by molar-refractivity contribution is 0.811. The highest BCUT2D eigenvalue weighted by Crippen LogP contribution is 2.37. The number of H-pyrrole nitrogens is 1. The van der Waals surface area contributed by atoms with E-state index in [9.17, 15) is 0 Å². The molecule has 0 radical (unpaired) electrons. The van der Waals surface area contributed by atoms with Crippen molar-refractivity contribution < 1.29 is 0 Å². The molecule has 106 valence electrons. The summed E-state index contributed by atoms with van der Waals surface area (Å²) in [6, 6.07) is 5.49. The van der Waals surface area contributed by atoms with Crippen LogP contribution in [0, 0.1) is 0 Å². The van der Waals surface area contributed by atoms with Crippen molar-refractivity contribution in [3.8, 4) is 11.3 Å². The van der Waals surface area contributed by atoms with Crippen molar-refractivity contribution in [3.63, 3.8) is 0 Å². The number of hydrogen-bond donors (Lipinski definition) is 2. The van der Waals surface area contributed by atoms with E-state index in [1.807, 2.05) is 18.3 Å². The molecule has 0 saturated heterocycles. The third-order valence-electron chi connectivity index (χ3n) is 3.45. The molecule has 3 heterocycles. The molecule has 0 amide bonds. The normalized spacial score (nSPS) is 13.4. The molecule has 0 atom stereocenters. The summed E-state index contributed by atoms with van der Waals surface area (Å²) < 4.78 is 0. The summed E-state index contributed by atoms with van der Waals surface area (Å²) in [6.07, 6.45) is 5.04. The Morgan fingerprint density at radius 3 is 3.10 bits per heavy atom. The molecule has 0 unspecified atom stereocenters. The second-order valence-electron chi connectivity index (χ2n) is 4.88. The highest BCUT2D eigenvalue weighted by molar-refractivity contribution is 7.16. The molecule has 4 rings (SSSR count). The smallest absolute Gasteiger partial charge is 0.189 e. The second kappa shape index (κ2) is 5.13. The average Bonchev–Trinajstić information content (AvgIpc) is 3.03. The van der Waals surface area contributed by atoms with Crippen LogP contribution in [0.3, 0.4) is 0 Å². The summed E-state index contributed by atoms with van der Waals surface area (Å²) in [7, 11) is 0. The largest absolute Gasteiger partial charge is 0.316 e. The number of hydrogen-bond acceptors (Lipinski definition) is 5. The SMILES string of the molecule is Clc1cccc(Nc2nc3c(s2)CCCc2[nH]ncc2-3)n1. The van der Waals surface area contributed by atoms with Crippen LogP contribution in [0.25, 0.3) is 11.3 Å². The Morgan fingerprint density at radius 1 is 1.24 bits per heavy atom. The average molecular weight is 318 g/mol. The number of aryl methyl sites for hydroxylation is 2. The summed E-state index contributed by atoms with van der Waals surface area (Å²) in [5.74, 6) is 0.707. The number of thiazole rings is 1. The quantitative estimate of drug-likeness (QED) is 0.705. The standard InChI is InChI=1S/C14H12ClN5S/c15-11-5-2-6-12(17-11)18-14-19-13-8-7-16-20-9(8)3-1-4-10(13)21-14/h2,5-7H,1,3-4H2,(H,16,20)(H,17,18,19). The molecule has 3 aromatic heterocycles. The van der Waals surface area contributed by atoms with E-state index in [-0.39, 0.29) is 0 Å². The number of anilines is 2. The lowest BCUT2D eigenvalue weighted by Gasteiger charge is -2.01. The second-order valence-corrected chi connectivity index (χ2v) is 6.35. The number of rotatable bonds is 2. The van der Waals surface area contributed by atoms with Gasteiger partial charge >= 0.3 is 0 Å². The Labute approximate surface area is 130 Å². The van der Waals surface area contributed by atoms with Gasteiger partial charge in [0, 0.05) is 16.1 Å². The lowest BCUT2D eigenvalue weighted by atomic mass is 10.2. The van der Waals surface area contributed by atoms with Crippen LogP contribution < -0.4 is 5.32 Å². The number of halogens is 1. The topological polar surface area (TPSA) is 66.5 Å². The van der Waals surface area contributed by atoms with Gasteiger partial charge in [0.1, 0.15) is 11.0 Å². The maximum atomic E-state index is 5.91. The van der Waals surface area contributed by atoms with Crippen molar-refractivity contribution in [2.24, 2.45) is 0 Å². The van der Waals surface area contributed by atoms with Crippen LogP contribution in [0.1, 0.15) is 17.0 Å². The van der Waals surface area contributed by atoms with Gasteiger partial charge in [-0.15, -0.1) is 11.3 Å². The van der Waals surface area contributed by atoms with Gasteiger partial charge in [0.2, 0.25) is 0 Å². The van der Waals surface area contributed by atoms with Crippen molar-refractivity contribution in [2.45, 2.75) is 19.3 Å². The van der Waals surface area contributed by atoms with Crippen molar-refractivity contribution >= 4 is 33.9 Å². The van der Waals surface area contributed by atoms with Gasteiger partial charge in [-0.05, 0) is 31.4 Å². The number of nitrogens with zero attached hydrogens (tertiary/aromatic N) is 3. The minimum Gasteiger partial charge on any atom is -0.316 e. The number of pyridine rings is 1. The lowest BCUT2D eigenvalue weighted by Crippen LogP contribution is -1.93. The van der Waals surface area contributed by atoms with Gasteiger partial charge in [0.25, 0.3) is 0 Å². The molecule has 21 heavy (non-hydrogen) atoms. The van der Waals surface area contributed by atoms with Crippen LogP contribution in [-0.2, 0) is 12.8 Å². The Hall–Kier alpha value is -1.92. The molecule has 0 bridgehead atoms. The van der Waals surface area contributed by atoms with E-state index >= 15 is 0 Å². The van der Waals surface area contributed by atoms with Gasteiger partial charge in [0.05, 0.1) is 11.9 Å². The van der Waals surface area contributed by atoms with Gasteiger partial charge in [0.15, 0.2) is 5.13 Å². The maximum Gasteiger partial charge on any atom is 0.189 e. The van der Waals surface area contributed by atoms with Crippen LogP contribution in [0.5, 0.6) is 0 Å². The molecule has 0 spiro atoms. The van der Waals surface area contributed by atoms with Crippen molar-refractivity contribution in [1.82, 2.24) is 20.2 Å². The Bertz CT molecular complexity index is 794. The molecule has 0 aliphatic heterocycles. The number of aromatic nitrogens is 4. The molecule has 5 nitrogen and oxygen atoms in total. The summed E-state index contributed by atoms with van der Waals surface area (Å²) in [4.78, 5) is 10.2. The van der Waals surface area contributed by atoms with Crippen LogP contribution in [-0.4, -0.2) is 20.2 Å². The minimum atomic E-state index is 0.468. The molecular formula is C14H12ClN5S. The Kier molecular flexibility index (Phi) is 3.12. The number of aromatic amines is 1. The number of fused-ring (bicyclic) bond motifs is 3. The van der Waals surface area contributed by atoms with Crippen LogP contribution in [0.15, 0.2) is 24.4 Å². The van der Waals surface area contributed by atoms with Gasteiger partial charge in [-0.3, -0.25) is 5.10 Å². The van der Waals surface area contributed by atoms with E-state index in [1.165, 1.54) is 10.6 Å². The highest BCUT2D eigenvalue weighted by Gasteiger charge is 2.20. The Morgan fingerprint density at radius 2 is 2.19 bits per heavy atom. The first-order valence-electron chi connectivity index (χ1n) is 6.71. The zero-order valence-electron chi connectivity index (χ0n) is 11.1. The highest BCUT2D eigenvalue weighted by atomic mass is 35.5. The maximum absolute atomic E-state index is 5.91. The third-order valence-corrected chi connectivity index (χ3v) is 4.69. The Balaban J connectivity index is 1.70. The van der Waals surface area contributed by atoms with E-state index in [4.69, 9.17) is 16.6 Å². The van der Waals surface area contributed by atoms with E-state index in [2.05, 4.69) is 20.5 Å². The van der Waals surface area contributed by atoms with E-state index in [0.29, 0.717) is 11.0 Å². The van der Waals surface area contributed by atoms with Crippen molar-refractivity contribution in [2.75, 3.05) is 5.32 Å².